The summed E-state index contributed by atoms with van der Waals surface area (Å²) in [6.07, 6.45) is 0.775. The highest BCUT2D eigenvalue weighted by atomic mass is 16.5. The fourth-order valence-corrected chi connectivity index (χ4v) is 3.62. The molecule has 0 aliphatic rings. The Morgan fingerprint density at radius 1 is 1.13 bits per heavy atom. The van der Waals surface area contributed by atoms with E-state index >= 15 is 0 Å². The number of nitrogens with zero attached hydrogens (tertiary/aromatic N) is 2. The highest BCUT2D eigenvalue weighted by Gasteiger charge is 2.24. The van der Waals surface area contributed by atoms with E-state index in [2.05, 4.69) is 10.1 Å². The summed E-state index contributed by atoms with van der Waals surface area (Å²) in [5.41, 5.74) is 2.06. The number of amides is 1. The van der Waals surface area contributed by atoms with Crippen LogP contribution in [0.3, 0.4) is 0 Å². The minimum Gasteiger partial charge on any atom is -0.478 e. The molecule has 1 aromatic heterocycles. The Kier molecular flexibility index (Phi) is 6.24. The lowest BCUT2D eigenvalue weighted by atomic mass is 10.0. The highest BCUT2D eigenvalue weighted by molar-refractivity contribution is 6.03. The third-order valence-electron chi connectivity index (χ3n) is 5.19. The number of hydrogen-bond acceptors (Lipinski definition) is 5. The number of aromatic carboxylic acids is 1. The Bertz CT molecular complexity index is 1240. The third kappa shape index (κ3) is 4.07. The Hall–Kier alpha value is -3.88. The number of benzene rings is 2. The number of carbonyl (C=O) groups excluding carboxylic acids is 2. The van der Waals surface area contributed by atoms with Crippen LogP contribution in [-0.4, -0.2) is 39.5 Å². The van der Waals surface area contributed by atoms with Crippen molar-refractivity contribution in [2.45, 2.75) is 33.4 Å². The predicted molar refractivity (Wildman–Crippen MR) is 113 cm³/mol. The van der Waals surface area contributed by atoms with Crippen LogP contribution in [0.15, 0.2) is 41.2 Å². The first-order valence-electron chi connectivity index (χ1n) is 9.70. The summed E-state index contributed by atoms with van der Waals surface area (Å²) in [6, 6.07) is 9.20. The molecule has 0 fully saturated rings. The number of nitrogens with one attached hydrogen (secondary N) is 1. The molecule has 0 aliphatic carbocycles. The standard InChI is InChI=1S/C22H23N3O6/c1-4-14-8-5-7-13(2)17(14)11-23-22(30)25-20(27)15-9-6-10-16(21(28)29)19(15)24(25)12-18(26)31-3/h5-10H,4,11-12H2,1-3H3,(H,23,30)(H,28,29). The van der Waals surface area contributed by atoms with Gasteiger partial charge in [-0.15, -0.1) is 0 Å². The Labute approximate surface area is 177 Å². The number of carboxylic acid groups (broad SMARTS) is 1. The molecule has 0 saturated carbocycles. The van der Waals surface area contributed by atoms with E-state index in [4.69, 9.17) is 0 Å². The van der Waals surface area contributed by atoms with E-state index in [1.807, 2.05) is 32.0 Å². The number of methoxy groups -OCH3 is 1. The van der Waals surface area contributed by atoms with Gasteiger partial charge in [0.05, 0.1) is 23.6 Å². The highest BCUT2D eigenvalue weighted by Crippen LogP contribution is 2.18. The molecule has 2 N–H and O–H groups in total. The molecule has 9 heteroatoms. The van der Waals surface area contributed by atoms with Crippen LogP contribution in [0.1, 0.15) is 34.0 Å². The van der Waals surface area contributed by atoms with Crippen LogP contribution < -0.4 is 10.9 Å². The molecule has 1 heterocycles. The smallest absolute Gasteiger partial charge is 0.344 e. The molecule has 0 spiro atoms. The van der Waals surface area contributed by atoms with Crippen molar-refractivity contribution in [3.8, 4) is 0 Å². The van der Waals surface area contributed by atoms with Crippen LogP contribution in [0, 0.1) is 6.92 Å². The molecule has 31 heavy (non-hydrogen) atoms. The number of para-hydroxylation sites is 1. The first-order chi connectivity index (χ1) is 14.8. The lowest BCUT2D eigenvalue weighted by Gasteiger charge is -2.15. The molecule has 1 amide bonds. The van der Waals surface area contributed by atoms with E-state index in [1.54, 1.807) is 0 Å². The van der Waals surface area contributed by atoms with Gasteiger partial charge in [-0.05, 0) is 42.2 Å². The topological polar surface area (TPSA) is 120 Å². The quantitative estimate of drug-likeness (QED) is 0.585. The summed E-state index contributed by atoms with van der Waals surface area (Å²) in [5.74, 6) is -2.01. The Morgan fingerprint density at radius 3 is 2.48 bits per heavy atom. The van der Waals surface area contributed by atoms with Gasteiger partial charge in [-0.3, -0.25) is 14.3 Å². The van der Waals surface area contributed by atoms with E-state index in [0.29, 0.717) is 0 Å². The molecule has 2 aromatic carbocycles. The van der Waals surface area contributed by atoms with Gasteiger partial charge in [0.25, 0.3) is 5.56 Å². The van der Waals surface area contributed by atoms with Gasteiger partial charge in [-0.25, -0.2) is 9.59 Å². The van der Waals surface area contributed by atoms with Crippen LogP contribution in [0.25, 0.3) is 10.9 Å². The van der Waals surface area contributed by atoms with Gasteiger partial charge in [0.2, 0.25) is 0 Å². The fourth-order valence-electron chi connectivity index (χ4n) is 3.62. The number of fused-ring (bicyclic) bond motifs is 1. The maximum absolute atomic E-state index is 13.0. The van der Waals surface area contributed by atoms with Crippen LogP contribution in [0.2, 0.25) is 0 Å². The van der Waals surface area contributed by atoms with E-state index < -0.39 is 30.1 Å². The van der Waals surface area contributed by atoms with Gasteiger partial charge in [0.15, 0.2) is 0 Å². The number of ether oxygens (including phenoxy) is 1. The molecular formula is C22H23N3O6. The van der Waals surface area contributed by atoms with Crippen molar-refractivity contribution in [1.82, 2.24) is 14.7 Å². The zero-order chi connectivity index (χ0) is 22.7. The molecule has 0 radical (unpaired) electrons. The SMILES string of the molecule is CCc1cccc(C)c1CNC(=O)n1c(=O)c2cccc(C(=O)O)c2n1CC(=O)OC. The molecule has 0 bridgehead atoms. The maximum Gasteiger partial charge on any atom is 0.344 e. The average molecular weight is 425 g/mol. The van der Waals surface area contributed by atoms with Crippen molar-refractivity contribution in [3.63, 3.8) is 0 Å². The van der Waals surface area contributed by atoms with Crippen molar-refractivity contribution >= 4 is 28.9 Å². The second-order valence-electron chi connectivity index (χ2n) is 6.98. The normalized spacial score (nSPS) is 10.8. The molecule has 162 valence electrons. The van der Waals surface area contributed by atoms with Crippen molar-refractivity contribution in [1.29, 1.82) is 0 Å². The first kappa shape index (κ1) is 21.8. The summed E-state index contributed by atoms with van der Waals surface area (Å²) in [6.45, 7) is 3.61. The van der Waals surface area contributed by atoms with E-state index in [-0.39, 0.29) is 23.0 Å². The minimum atomic E-state index is -1.28. The monoisotopic (exact) mass is 425 g/mol. The number of aromatic nitrogens is 2. The zero-order valence-electron chi connectivity index (χ0n) is 17.5. The number of carboxylic acids is 1. The summed E-state index contributed by atoms with van der Waals surface area (Å²) < 4.78 is 6.46. The van der Waals surface area contributed by atoms with Gasteiger partial charge in [-0.2, -0.15) is 4.68 Å². The van der Waals surface area contributed by atoms with Crippen molar-refractivity contribution in [2.75, 3.05) is 7.11 Å². The Morgan fingerprint density at radius 2 is 1.84 bits per heavy atom. The third-order valence-corrected chi connectivity index (χ3v) is 5.19. The molecule has 0 aliphatic heterocycles. The van der Waals surface area contributed by atoms with Crippen molar-refractivity contribution in [2.24, 2.45) is 0 Å². The first-order valence-corrected chi connectivity index (χ1v) is 9.70. The van der Waals surface area contributed by atoms with Crippen molar-refractivity contribution in [3.05, 3.63) is 69.0 Å². The van der Waals surface area contributed by atoms with Crippen LogP contribution >= 0.6 is 0 Å². The van der Waals surface area contributed by atoms with Crippen LogP contribution in [-0.2, 0) is 29.0 Å². The van der Waals surface area contributed by atoms with Crippen LogP contribution in [0.5, 0.6) is 0 Å². The van der Waals surface area contributed by atoms with Gasteiger partial charge < -0.3 is 15.2 Å². The summed E-state index contributed by atoms with van der Waals surface area (Å²) >= 11 is 0. The minimum absolute atomic E-state index is 0.0177. The van der Waals surface area contributed by atoms with Gasteiger partial charge >= 0.3 is 18.0 Å². The summed E-state index contributed by atoms with van der Waals surface area (Å²) in [5, 5.41) is 12.3. The lowest BCUT2D eigenvalue weighted by molar-refractivity contribution is -0.141. The molecule has 3 aromatic rings. The number of aryl methyl sites for hydroxylation is 2. The second kappa shape index (κ2) is 8.86. The molecule has 9 nitrogen and oxygen atoms in total. The maximum atomic E-state index is 13.0. The van der Waals surface area contributed by atoms with Gasteiger partial charge in [0.1, 0.15) is 6.54 Å². The fraction of sp³-hybridized carbons (Fsp3) is 0.273. The Balaban J connectivity index is 2.10. The molecule has 0 unspecified atom stereocenters. The number of carbonyl (C=O) groups is 3. The average Bonchev–Trinajstić information content (AvgIpc) is 3.03. The largest absolute Gasteiger partial charge is 0.478 e. The number of esters is 1. The number of rotatable bonds is 6. The van der Waals surface area contributed by atoms with E-state index in [9.17, 15) is 24.3 Å². The summed E-state index contributed by atoms with van der Waals surface area (Å²) in [7, 11) is 1.17. The molecule has 0 saturated heterocycles. The van der Waals surface area contributed by atoms with E-state index in [1.165, 1.54) is 25.3 Å². The van der Waals surface area contributed by atoms with Gasteiger partial charge in [0, 0.05) is 6.54 Å². The molecular weight excluding hydrogens is 402 g/mol. The number of hydrogen-bond donors (Lipinski definition) is 2. The van der Waals surface area contributed by atoms with Gasteiger partial charge in [-0.1, -0.05) is 31.2 Å². The van der Waals surface area contributed by atoms with E-state index in [0.717, 1.165) is 32.5 Å². The van der Waals surface area contributed by atoms with Crippen LogP contribution in [0.4, 0.5) is 4.79 Å². The lowest BCUT2D eigenvalue weighted by Crippen LogP contribution is -2.39. The predicted octanol–water partition coefficient (Wildman–Crippen LogP) is 2.30. The zero-order valence-corrected chi connectivity index (χ0v) is 17.5. The summed E-state index contributed by atoms with van der Waals surface area (Å²) in [4.78, 5) is 49.6. The van der Waals surface area contributed by atoms with Crippen molar-refractivity contribution < 1.29 is 24.2 Å². The second-order valence-corrected chi connectivity index (χ2v) is 6.98. The molecule has 0 atom stereocenters. The molecule has 3 rings (SSSR count).